The van der Waals surface area contributed by atoms with Crippen LogP contribution in [0.4, 0.5) is 0 Å². The van der Waals surface area contributed by atoms with Gasteiger partial charge >= 0.3 is 0 Å². The van der Waals surface area contributed by atoms with E-state index in [2.05, 4.69) is 15.5 Å². The third-order valence-electron chi connectivity index (χ3n) is 4.96. The Balaban J connectivity index is 1.40. The van der Waals surface area contributed by atoms with Crippen LogP contribution in [0.15, 0.2) is 24.3 Å². The van der Waals surface area contributed by atoms with Gasteiger partial charge in [0.15, 0.2) is 5.82 Å². The van der Waals surface area contributed by atoms with Gasteiger partial charge in [-0.15, -0.1) is 10.2 Å². The summed E-state index contributed by atoms with van der Waals surface area (Å²) in [4.78, 5) is 26.9. The Labute approximate surface area is 163 Å². The number of hydrogen-bond donors (Lipinski definition) is 1. The lowest BCUT2D eigenvalue weighted by Crippen LogP contribution is -2.39. The van der Waals surface area contributed by atoms with Crippen LogP contribution in [0.5, 0.6) is 5.75 Å². The van der Waals surface area contributed by atoms with Crippen molar-refractivity contribution >= 4 is 11.8 Å². The van der Waals surface area contributed by atoms with E-state index >= 15 is 0 Å². The number of hydrogen-bond acceptors (Lipinski definition) is 5. The van der Waals surface area contributed by atoms with Gasteiger partial charge in [0.05, 0.1) is 12.6 Å². The molecule has 1 N–H and O–H groups in total. The zero-order valence-electron chi connectivity index (χ0n) is 16.2. The molecule has 28 heavy (non-hydrogen) atoms. The summed E-state index contributed by atoms with van der Waals surface area (Å²) in [7, 11) is 0. The number of ether oxygens (including phenoxy) is 1. The summed E-state index contributed by atoms with van der Waals surface area (Å²) in [5.74, 6) is 2.06. The first-order valence-corrected chi connectivity index (χ1v) is 9.77. The fourth-order valence-corrected chi connectivity index (χ4v) is 3.27. The standard InChI is InChI=1S/C20H25N5O3/c1-13(2)28-16-7-5-15(6-8-16)20(27)24-9-10-25-17(12-24)22-23-18(25)19(26)21-11-14-3-4-14/h5-8,13-14H,3-4,9-12H2,1-2H3,(H,21,26). The molecule has 0 saturated heterocycles. The lowest BCUT2D eigenvalue weighted by atomic mass is 10.1. The first kappa shape index (κ1) is 18.5. The van der Waals surface area contributed by atoms with E-state index in [4.69, 9.17) is 4.74 Å². The molecule has 1 aliphatic heterocycles. The van der Waals surface area contributed by atoms with E-state index in [0.717, 1.165) is 5.75 Å². The SMILES string of the molecule is CC(C)Oc1ccc(C(=O)N2CCn3c(nnc3C(=O)NCC3CC3)C2)cc1. The van der Waals surface area contributed by atoms with Gasteiger partial charge < -0.3 is 19.5 Å². The Kier molecular flexibility index (Phi) is 5.02. The van der Waals surface area contributed by atoms with Gasteiger partial charge in [-0.1, -0.05) is 0 Å². The van der Waals surface area contributed by atoms with Gasteiger partial charge in [0.1, 0.15) is 5.75 Å². The quantitative estimate of drug-likeness (QED) is 0.822. The van der Waals surface area contributed by atoms with E-state index in [-0.39, 0.29) is 17.9 Å². The highest BCUT2D eigenvalue weighted by Crippen LogP contribution is 2.27. The van der Waals surface area contributed by atoms with Crippen molar-refractivity contribution in [3.8, 4) is 5.75 Å². The fraction of sp³-hybridized carbons (Fsp3) is 0.500. The van der Waals surface area contributed by atoms with Crippen molar-refractivity contribution in [1.82, 2.24) is 25.0 Å². The molecule has 0 atom stereocenters. The summed E-state index contributed by atoms with van der Waals surface area (Å²) >= 11 is 0. The molecule has 2 amide bonds. The van der Waals surface area contributed by atoms with Crippen molar-refractivity contribution in [3.05, 3.63) is 41.5 Å². The zero-order valence-corrected chi connectivity index (χ0v) is 16.2. The maximum Gasteiger partial charge on any atom is 0.289 e. The van der Waals surface area contributed by atoms with Gasteiger partial charge in [-0.2, -0.15) is 0 Å². The molecule has 0 unspecified atom stereocenters. The minimum Gasteiger partial charge on any atom is -0.491 e. The summed E-state index contributed by atoms with van der Waals surface area (Å²) in [5, 5.41) is 11.1. The van der Waals surface area contributed by atoms with Crippen LogP contribution in [-0.4, -0.2) is 50.7 Å². The maximum absolute atomic E-state index is 12.8. The Morgan fingerprint density at radius 1 is 1.18 bits per heavy atom. The van der Waals surface area contributed by atoms with Gasteiger partial charge in [0.25, 0.3) is 11.8 Å². The smallest absolute Gasteiger partial charge is 0.289 e. The Bertz CT molecular complexity index is 870. The van der Waals surface area contributed by atoms with E-state index in [9.17, 15) is 9.59 Å². The van der Waals surface area contributed by atoms with E-state index in [1.165, 1.54) is 12.8 Å². The summed E-state index contributed by atoms with van der Waals surface area (Å²) in [6.45, 7) is 5.98. The topological polar surface area (TPSA) is 89.3 Å². The van der Waals surface area contributed by atoms with Crippen LogP contribution in [0.3, 0.4) is 0 Å². The Morgan fingerprint density at radius 3 is 2.61 bits per heavy atom. The molecule has 2 aliphatic rings. The fourth-order valence-electron chi connectivity index (χ4n) is 3.27. The molecular weight excluding hydrogens is 358 g/mol. The van der Waals surface area contributed by atoms with Crippen molar-refractivity contribution in [3.63, 3.8) is 0 Å². The van der Waals surface area contributed by atoms with Crippen molar-refractivity contribution in [2.45, 2.75) is 45.9 Å². The second-order valence-corrected chi connectivity index (χ2v) is 7.66. The molecule has 8 heteroatoms. The number of carbonyl (C=O) groups is 2. The van der Waals surface area contributed by atoms with Gasteiger partial charge in [0.2, 0.25) is 5.82 Å². The highest BCUT2D eigenvalue weighted by molar-refractivity contribution is 5.94. The van der Waals surface area contributed by atoms with Crippen LogP contribution in [0.1, 0.15) is 53.5 Å². The average molecular weight is 383 g/mol. The van der Waals surface area contributed by atoms with Crippen LogP contribution in [0.2, 0.25) is 0 Å². The number of rotatable bonds is 6. The largest absolute Gasteiger partial charge is 0.491 e. The zero-order chi connectivity index (χ0) is 19.7. The highest BCUT2D eigenvalue weighted by Gasteiger charge is 2.28. The molecule has 8 nitrogen and oxygen atoms in total. The van der Waals surface area contributed by atoms with E-state index in [1.807, 2.05) is 30.5 Å². The average Bonchev–Trinajstić information content (AvgIpc) is 3.42. The lowest BCUT2D eigenvalue weighted by Gasteiger charge is -2.27. The predicted molar refractivity (Wildman–Crippen MR) is 102 cm³/mol. The second kappa shape index (κ2) is 7.61. The number of aromatic nitrogens is 3. The number of carbonyl (C=O) groups excluding carboxylic acids is 2. The maximum atomic E-state index is 12.8. The number of benzene rings is 1. The Hall–Kier alpha value is -2.90. The summed E-state index contributed by atoms with van der Waals surface area (Å²) < 4.78 is 7.43. The van der Waals surface area contributed by atoms with Gasteiger partial charge in [-0.25, -0.2) is 0 Å². The lowest BCUT2D eigenvalue weighted by molar-refractivity contribution is 0.0706. The van der Waals surface area contributed by atoms with Crippen LogP contribution >= 0.6 is 0 Å². The van der Waals surface area contributed by atoms with Crippen LogP contribution in [0, 0.1) is 5.92 Å². The van der Waals surface area contributed by atoms with Crippen molar-refractivity contribution in [2.24, 2.45) is 5.92 Å². The minimum absolute atomic E-state index is 0.0647. The van der Waals surface area contributed by atoms with Gasteiger partial charge in [0, 0.05) is 25.2 Å². The first-order valence-electron chi connectivity index (χ1n) is 9.77. The molecule has 1 aromatic carbocycles. The third kappa shape index (κ3) is 4.00. The number of fused-ring (bicyclic) bond motifs is 1. The monoisotopic (exact) mass is 383 g/mol. The van der Waals surface area contributed by atoms with E-state index < -0.39 is 0 Å². The van der Waals surface area contributed by atoms with Crippen LogP contribution in [0.25, 0.3) is 0 Å². The predicted octanol–water partition coefficient (Wildman–Crippen LogP) is 1.86. The molecule has 1 fully saturated rings. The van der Waals surface area contributed by atoms with Crippen molar-refractivity contribution in [1.29, 1.82) is 0 Å². The van der Waals surface area contributed by atoms with E-state index in [1.54, 1.807) is 17.0 Å². The van der Waals surface area contributed by atoms with Gasteiger partial charge in [-0.3, -0.25) is 9.59 Å². The van der Waals surface area contributed by atoms with Gasteiger partial charge in [-0.05, 0) is 56.9 Å². The summed E-state index contributed by atoms with van der Waals surface area (Å²) in [6, 6.07) is 7.16. The highest BCUT2D eigenvalue weighted by atomic mass is 16.5. The Morgan fingerprint density at radius 2 is 1.93 bits per heavy atom. The number of nitrogens with one attached hydrogen (secondary N) is 1. The number of nitrogens with zero attached hydrogens (tertiary/aromatic N) is 4. The molecule has 1 aromatic heterocycles. The molecular formula is C20H25N5O3. The third-order valence-corrected chi connectivity index (χ3v) is 4.96. The molecule has 1 saturated carbocycles. The van der Waals surface area contributed by atoms with Crippen molar-refractivity contribution < 1.29 is 14.3 Å². The number of amides is 2. The van der Waals surface area contributed by atoms with Crippen LogP contribution in [-0.2, 0) is 13.1 Å². The summed E-state index contributed by atoms with van der Waals surface area (Å²) in [5.41, 5.74) is 0.603. The van der Waals surface area contributed by atoms with Crippen LogP contribution < -0.4 is 10.1 Å². The molecule has 0 bridgehead atoms. The van der Waals surface area contributed by atoms with Crippen molar-refractivity contribution in [2.75, 3.05) is 13.1 Å². The molecule has 2 aromatic rings. The first-order chi connectivity index (χ1) is 13.5. The summed E-state index contributed by atoms with van der Waals surface area (Å²) in [6.07, 6.45) is 2.45. The molecule has 0 spiro atoms. The van der Waals surface area contributed by atoms with E-state index in [0.29, 0.717) is 49.3 Å². The normalized spacial score (nSPS) is 16.0. The molecule has 4 rings (SSSR count). The second-order valence-electron chi connectivity index (χ2n) is 7.66. The molecule has 1 aliphatic carbocycles. The molecule has 0 radical (unpaired) electrons. The molecule has 148 valence electrons. The molecule has 2 heterocycles. The minimum atomic E-state index is -0.189.